The number of aromatic nitrogens is 5. The van der Waals surface area contributed by atoms with Crippen molar-refractivity contribution < 1.29 is 9.13 Å². The maximum atomic E-state index is 16.6. The predicted molar refractivity (Wildman–Crippen MR) is 153 cm³/mol. The van der Waals surface area contributed by atoms with Gasteiger partial charge >= 0.3 is 6.01 Å². The summed E-state index contributed by atoms with van der Waals surface area (Å²) in [6.07, 6.45) is 9.61. The second kappa shape index (κ2) is 9.41. The Kier molecular flexibility index (Phi) is 5.66. The van der Waals surface area contributed by atoms with Gasteiger partial charge in [-0.2, -0.15) is 15.1 Å². The van der Waals surface area contributed by atoms with E-state index in [1.807, 2.05) is 42.6 Å². The average molecular weight is 555 g/mol. The van der Waals surface area contributed by atoms with Gasteiger partial charge in [-0.25, -0.2) is 4.39 Å². The molecule has 1 saturated carbocycles. The maximum absolute atomic E-state index is 16.6. The predicted octanol–water partition coefficient (Wildman–Crippen LogP) is 6.53. The van der Waals surface area contributed by atoms with E-state index < -0.39 is 5.82 Å². The number of anilines is 1. The number of benzene rings is 2. The van der Waals surface area contributed by atoms with E-state index in [2.05, 4.69) is 25.1 Å². The smallest absolute Gasteiger partial charge is 0.319 e. The molecule has 2 bridgehead atoms. The van der Waals surface area contributed by atoms with Crippen molar-refractivity contribution in [1.29, 1.82) is 0 Å². The van der Waals surface area contributed by atoms with Gasteiger partial charge in [0.25, 0.3) is 0 Å². The number of halogens is 2. The lowest BCUT2D eigenvalue weighted by atomic mass is 9.96. The van der Waals surface area contributed by atoms with Crippen LogP contribution in [0.2, 0.25) is 5.02 Å². The molecular weight excluding hydrogens is 527 g/mol. The Balaban J connectivity index is 1.26. The highest BCUT2D eigenvalue weighted by molar-refractivity contribution is 6.36. The molecule has 40 heavy (non-hydrogen) atoms. The van der Waals surface area contributed by atoms with Gasteiger partial charge in [0, 0.05) is 47.4 Å². The highest BCUT2D eigenvalue weighted by Crippen LogP contribution is 2.41. The molecule has 5 aromatic rings. The first-order chi connectivity index (χ1) is 19.6. The lowest BCUT2D eigenvalue weighted by Gasteiger charge is -2.33. The standard InChI is InChI=1S/C31H28ClFN6O/c32-24-6-2-4-19-3-1-5-22(26(19)24)28-27(33)29-23(14-34-28)30(39-15-17-7-8-18(11-17)16-39)37-31(36-29)40-21-10-9-20-13-35-38-25(20)12-21/h1-6,13-14,17-18,21H,7-12,15-16H2,(H,35,38). The molecule has 0 spiro atoms. The molecule has 3 aromatic heterocycles. The fourth-order valence-electron chi connectivity index (χ4n) is 7.00. The second-order valence-corrected chi connectivity index (χ2v) is 11.9. The largest absolute Gasteiger partial charge is 0.460 e. The molecule has 2 fully saturated rings. The van der Waals surface area contributed by atoms with Crippen LogP contribution < -0.4 is 9.64 Å². The summed E-state index contributed by atoms with van der Waals surface area (Å²) in [7, 11) is 0. The van der Waals surface area contributed by atoms with Crippen molar-refractivity contribution in [3.05, 3.63) is 70.9 Å². The Morgan fingerprint density at radius 3 is 2.67 bits per heavy atom. The van der Waals surface area contributed by atoms with E-state index >= 15 is 4.39 Å². The number of piperidine rings is 1. The molecule has 1 saturated heterocycles. The van der Waals surface area contributed by atoms with Crippen LogP contribution in [-0.4, -0.2) is 44.3 Å². The minimum absolute atomic E-state index is 0.114. The number of nitrogens with one attached hydrogen (secondary N) is 1. The molecule has 8 rings (SSSR count). The topological polar surface area (TPSA) is 79.8 Å². The van der Waals surface area contributed by atoms with Gasteiger partial charge in [-0.3, -0.25) is 10.1 Å². The SMILES string of the molecule is Fc1c(-c2cccc3cccc(Cl)c23)ncc2c(N3CC4CCC(C4)C3)nc(OC3CCc4cn[nH]c4C3)nc12. The molecule has 3 unspecified atom stereocenters. The number of nitrogens with zero attached hydrogens (tertiary/aromatic N) is 5. The van der Waals surface area contributed by atoms with Crippen molar-refractivity contribution in [1.82, 2.24) is 25.1 Å². The zero-order chi connectivity index (χ0) is 26.8. The lowest BCUT2D eigenvalue weighted by molar-refractivity contribution is 0.168. The molecule has 1 aliphatic heterocycles. The molecule has 2 aliphatic carbocycles. The van der Waals surface area contributed by atoms with Crippen LogP contribution in [0.25, 0.3) is 32.9 Å². The van der Waals surface area contributed by atoms with Crippen LogP contribution in [0.3, 0.4) is 0 Å². The molecule has 0 radical (unpaired) electrons. The van der Waals surface area contributed by atoms with E-state index in [4.69, 9.17) is 21.3 Å². The third-order valence-corrected chi connectivity index (χ3v) is 9.22. The van der Waals surface area contributed by atoms with E-state index in [0.29, 0.717) is 40.0 Å². The fraction of sp³-hybridized carbons (Fsp3) is 0.355. The number of aryl methyl sites for hydroxylation is 1. The highest BCUT2D eigenvalue weighted by Gasteiger charge is 2.35. The maximum Gasteiger partial charge on any atom is 0.319 e. The quantitative estimate of drug-likeness (QED) is 0.272. The Bertz CT molecular complexity index is 1760. The molecular formula is C31H28ClFN6O. The first-order valence-corrected chi connectivity index (χ1v) is 14.4. The van der Waals surface area contributed by atoms with Gasteiger partial charge in [0.2, 0.25) is 0 Å². The van der Waals surface area contributed by atoms with Gasteiger partial charge in [-0.1, -0.05) is 41.9 Å². The summed E-state index contributed by atoms with van der Waals surface area (Å²) in [5.41, 5.74) is 3.39. The summed E-state index contributed by atoms with van der Waals surface area (Å²) in [4.78, 5) is 16.5. The van der Waals surface area contributed by atoms with Crippen LogP contribution in [0.15, 0.2) is 48.8 Å². The average Bonchev–Trinajstić information content (AvgIpc) is 3.58. The van der Waals surface area contributed by atoms with Crippen LogP contribution in [0, 0.1) is 17.7 Å². The van der Waals surface area contributed by atoms with Gasteiger partial charge < -0.3 is 9.64 Å². The van der Waals surface area contributed by atoms with E-state index in [1.165, 1.54) is 24.8 Å². The van der Waals surface area contributed by atoms with E-state index in [1.54, 1.807) is 6.20 Å². The monoisotopic (exact) mass is 554 g/mol. The van der Waals surface area contributed by atoms with Crippen molar-refractivity contribution in [2.75, 3.05) is 18.0 Å². The summed E-state index contributed by atoms with van der Waals surface area (Å²) in [6.45, 7) is 1.82. The van der Waals surface area contributed by atoms with Crippen molar-refractivity contribution in [3.63, 3.8) is 0 Å². The minimum Gasteiger partial charge on any atom is -0.460 e. The number of pyridine rings is 1. The molecule has 1 N–H and O–H groups in total. The molecule has 4 heterocycles. The Morgan fingerprint density at radius 1 is 1.00 bits per heavy atom. The van der Waals surface area contributed by atoms with E-state index in [-0.39, 0.29) is 23.3 Å². The van der Waals surface area contributed by atoms with Crippen LogP contribution >= 0.6 is 11.6 Å². The lowest BCUT2D eigenvalue weighted by Crippen LogP contribution is -2.37. The molecule has 2 aromatic carbocycles. The third kappa shape index (κ3) is 4.00. The van der Waals surface area contributed by atoms with Gasteiger partial charge in [0.1, 0.15) is 23.1 Å². The molecule has 7 nitrogen and oxygen atoms in total. The van der Waals surface area contributed by atoms with E-state index in [9.17, 15) is 0 Å². The van der Waals surface area contributed by atoms with Gasteiger partial charge in [-0.05, 0) is 61.0 Å². The number of ether oxygens (including phenoxy) is 1. The van der Waals surface area contributed by atoms with Crippen molar-refractivity contribution in [2.24, 2.45) is 11.8 Å². The number of fused-ring (bicyclic) bond motifs is 5. The number of aromatic amines is 1. The summed E-state index contributed by atoms with van der Waals surface area (Å²) >= 11 is 6.59. The first kappa shape index (κ1) is 24.1. The number of H-pyrrole nitrogens is 1. The zero-order valence-corrected chi connectivity index (χ0v) is 22.7. The van der Waals surface area contributed by atoms with Crippen LogP contribution in [-0.2, 0) is 12.8 Å². The Morgan fingerprint density at radius 2 is 1.82 bits per heavy atom. The zero-order valence-electron chi connectivity index (χ0n) is 21.9. The summed E-state index contributed by atoms with van der Waals surface area (Å²) in [6, 6.07) is 11.6. The summed E-state index contributed by atoms with van der Waals surface area (Å²) in [5.74, 6) is 1.50. The van der Waals surface area contributed by atoms with E-state index in [0.717, 1.165) is 42.4 Å². The highest BCUT2D eigenvalue weighted by atomic mass is 35.5. The first-order valence-electron chi connectivity index (χ1n) is 14.1. The number of hydrogen-bond acceptors (Lipinski definition) is 6. The van der Waals surface area contributed by atoms with Crippen molar-refractivity contribution in [3.8, 4) is 17.3 Å². The Labute approximate surface area is 235 Å². The molecule has 3 aliphatic rings. The fourth-order valence-corrected chi connectivity index (χ4v) is 7.29. The summed E-state index contributed by atoms with van der Waals surface area (Å²) < 4.78 is 22.9. The van der Waals surface area contributed by atoms with Gasteiger partial charge in [0.05, 0.1) is 11.6 Å². The van der Waals surface area contributed by atoms with Gasteiger partial charge in [0.15, 0.2) is 5.82 Å². The van der Waals surface area contributed by atoms with Crippen molar-refractivity contribution in [2.45, 2.75) is 44.6 Å². The van der Waals surface area contributed by atoms with Crippen LogP contribution in [0.4, 0.5) is 10.2 Å². The minimum atomic E-state index is -0.488. The molecule has 3 atom stereocenters. The number of hydrogen-bond donors (Lipinski definition) is 1. The van der Waals surface area contributed by atoms with Gasteiger partial charge in [-0.15, -0.1) is 0 Å². The number of rotatable bonds is 4. The second-order valence-electron chi connectivity index (χ2n) is 11.5. The Hall–Kier alpha value is -3.78. The van der Waals surface area contributed by atoms with Crippen molar-refractivity contribution >= 4 is 39.1 Å². The van der Waals surface area contributed by atoms with Crippen LogP contribution in [0.5, 0.6) is 6.01 Å². The third-order valence-electron chi connectivity index (χ3n) is 8.91. The molecule has 9 heteroatoms. The summed E-state index contributed by atoms with van der Waals surface area (Å²) in [5, 5.41) is 10.1. The normalized spacial score (nSPS) is 22.1. The van der Waals surface area contributed by atoms with Crippen LogP contribution in [0.1, 0.15) is 36.9 Å². The molecule has 202 valence electrons. The molecule has 0 amide bonds.